The van der Waals surface area contributed by atoms with Crippen molar-refractivity contribution in [2.24, 2.45) is 0 Å². The zero-order chi connectivity index (χ0) is 17.0. The molecule has 0 radical (unpaired) electrons. The summed E-state index contributed by atoms with van der Waals surface area (Å²) < 4.78 is 0. The maximum Gasteiger partial charge on any atom is 0.254 e. The number of nitrogens with zero attached hydrogens (tertiary/aromatic N) is 2. The van der Waals surface area contributed by atoms with Crippen molar-refractivity contribution in [2.45, 2.75) is 19.2 Å². The summed E-state index contributed by atoms with van der Waals surface area (Å²) in [6.45, 7) is 4.97. The monoisotopic (exact) mass is 337 g/mol. The molecule has 1 aromatic rings. The molecule has 1 fully saturated rings. The van der Waals surface area contributed by atoms with E-state index in [0.29, 0.717) is 37.4 Å². The lowest BCUT2D eigenvalue weighted by Gasteiger charge is -2.35. The maximum absolute atomic E-state index is 12.5. The summed E-state index contributed by atoms with van der Waals surface area (Å²) in [4.78, 5) is 38.8. The molecular formula is C16H20ClN3O3. The number of hydrogen-bond donors (Lipinski definition) is 1. The molecule has 0 aromatic heterocycles. The first-order chi connectivity index (χ1) is 10.9. The minimum atomic E-state index is -0.549. The molecule has 1 aliphatic rings. The van der Waals surface area contributed by atoms with Gasteiger partial charge in [0.15, 0.2) is 0 Å². The van der Waals surface area contributed by atoms with E-state index in [1.807, 2.05) is 0 Å². The third kappa shape index (κ3) is 4.45. The Hall–Kier alpha value is -2.08. The summed E-state index contributed by atoms with van der Waals surface area (Å²) in [7, 11) is 0. The molecule has 1 atom stereocenters. The summed E-state index contributed by atoms with van der Waals surface area (Å²) >= 11 is 5.81. The number of nitrogens with one attached hydrogen (secondary N) is 1. The van der Waals surface area contributed by atoms with Crippen LogP contribution in [-0.4, -0.2) is 59.1 Å². The van der Waals surface area contributed by atoms with Crippen LogP contribution in [0.5, 0.6) is 0 Å². The molecule has 1 heterocycles. The van der Waals surface area contributed by atoms with Crippen LogP contribution in [0.15, 0.2) is 24.3 Å². The molecule has 1 unspecified atom stereocenters. The highest BCUT2D eigenvalue weighted by Crippen LogP contribution is 2.15. The average Bonchev–Trinajstić information content (AvgIpc) is 2.53. The molecule has 1 saturated heterocycles. The average molecular weight is 338 g/mol. The largest absolute Gasteiger partial charge is 0.338 e. The number of amides is 3. The molecule has 124 valence electrons. The second-order valence-corrected chi connectivity index (χ2v) is 6.15. The van der Waals surface area contributed by atoms with Gasteiger partial charge in [-0.25, -0.2) is 0 Å². The maximum atomic E-state index is 12.5. The molecule has 6 nitrogen and oxygen atoms in total. The van der Waals surface area contributed by atoms with Crippen molar-refractivity contribution < 1.29 is 14.4 Å². The van der Waals surface area contributed by atoms with E-state index >= 15 is 0 Å². The van der Waals surface area contributed by atoms with Crippen LogP contribution in [0.3, 0.4) is 0 Å². The smallest absolute Gasteiger partial charge is 0.254 e. The van der Waals surface area contributed by atoms with Crippen molar-refractivity contribution in [1.29, 1.82) is 0 Å². The van der Waals surface area contributed by atoms with E-state index in [1.54, 1.807) is 41.0 Å². The molecule has 1 aliphatic heterocycles. The van der Waals surface area contributed by atoms with E-state index < -0.39 is 5.38 Å². The standard InChI is InChI=1S/C16H20ClN3O3/c1-11(17)15(22)19-6-8-20(9-7-19)16(23)13-4-3-5-14(10-13)18-12(2)21/h3-5,10-11H,6-9H2,1-2H3,(H,18,21). The Kier molecular flexibility index (Phi) is 5.60. The van der Waals surface area contributed by atoms with Gasteiger partial charge >= 0.3 is 0 Å². The molecule has 0 bridgehead atoms. The molecule has 0 aliphatic carbocycles. The summed E-state index contributed by atoms with van der Waals surface area (Å²) in [6.07, 6.45) is 0. The summed E-state index contributed by atoms with van der Waals surface area (Å²) in [5.74, 6) is -0.397. The lowest BCUT2D eigenvalue weighted by Crippen LogP contribution is -2.52. The fourth-order valence-electron chi connectivity index (χ4n) is 2.50. The zero-order valence-corrected chi connectivity index (χ0v) is 14.0. The van der Waals surface area contributed by atoms with E-state index in [-0.39, 0.29) is 17.7 Å². The van der Waals surface area contributed by atoms with Crippen molar-refractivity contribution in [3.05, 3.63) is 29.8 Å². The van der Waals surface area contributed by atoms with Crippen molar-refractivity contribution >= 4 is 35.0 Å². The van der Waals surface area contributed by atoms with Crippen LogP contribution >= 0.6 is 11.6 Å². The number of carbonyl (C=O) groups excluding carboxylic acids is 3. The predicted molar refractivity (Wildman–Crippen MR) is 88.5 cm³/mol. The van der Waals surface area contributed by atoms with Crippen LogP contribution in [-0.2, 0) is 9.59 Å². The molecule has 23 heavy (non-hydrogen) atoms. The van der Waals surface area contributed by atoms with Gasteiger partial charge in [-0.2, -0.15) is 0 Å². The highest BCUT2D eigenvalue weighted by molar-refractivity contribution is 6.30. The second kappa shape index (κ2) is 7.46. The SMILES string of the molecule is CC(=O)Nc1cccc(C(=O)N2CCN(C(=O)C(C)Cl)CC2)c1. The van der Waals surface area contributed by atoms with Crippen molar-refractivity contribution in [3.8, 4) is 0 Å². The number of rotatable bonds is 3. The van der Waals surface area contributed by atoms with Crippen molar-refractivity contribution in [2.75, 3.05) is 31.5 Å². The van der Waals surface area contributed by atoms with Gasteiger partial charge in [0.25, 0.3) is 5.91 Å². The Labute approximate surface area is 140 Å². The van der Waals surface area contributed by atoms with Gasteiger partial charge in [0.05, 0.1) is 0 Å². The van der Waals surface area contributed by atoms with Gasteiger partial charge in [0.2, 0.25) is 11.8 Å². The number of halogens is 1. The van der Waals surface area contributed by atoms with Gasteiger partial charge in [0.1, 0.15) is 5.38 Å². The highest BCUT2D eigenvalue weighted by atomic mass is 35.5. The molecule has 2 rings (SSSR count). The number of piperazine rings is 1. The molecule has 3 amide bonds. The van der Waals surface area contributed by atoms with E-state index in [4.69, 9.17) is 11.6 Å². The first-order valence-electron chi connectivity index (χ1n) is 7.48. The van der Waals surface area contributed by atoms with Crippen LogP contribution in [0.2, 0.25) is 0 Å². The molecule has 1 N–H and O–H groups in total. The normalized spacial score (nSPS) is 16.0. The minimum Gasteiger partial charge on any atom is -0.338 e. The van der Waals surface area contributed by atoms with Crippen molar-refractivity contribution in [3.63, 3.8) is 0 Å². The van der Waals surface area contributed by atoms with Crippen molar-refractivity contribution in [1.82, 2.24) is 9.80 Å². The molecule has 0 spiro atoms. The van der Waals surface area contributed by atoms with Crippen LogP contribution < -0.4 is 5.32 Å². The van der Waals surface area contributed by atoms with Crippen LogP contribution in [0.4, 0.5) is 5.69 Å². The number of hydrogen-bond acceptors (Lipinski definition) is 3. The number of alkyl halides is 1. The van der Waals surface area contributed by atoms with Gasteiger partial charge in [-0.3, -0.25) is 14.4 Å². The van der Waals surface area contributed by atoms with Gasteiger partial charge < -0.3 is 15.1 Å². The Morgan fingerprint density at radius 3 is 2.30 bits per heavy atom. The third-order valence-electron chi connectivity index (χ3n) is 3.65. The Balaban J connectivity index is 2.00. The molecular weight excluding hydrogens is 318 g/mol. The fraction of sp³-hybridized carbons (Fsp3) is 0.438. The lowest BCUT2D eigenvalue weighted by atomic mass is 10.1. The summed E-state index contributed by atoms with van der Waals surface area (Å²) in [5, 5.41) is 2.11. The predicted octanol–water partition coefficient (Wildman–Crippen LogP) is 1.56. The quantitative estimate of drug-likeness (QED) is 0.851. The Morgan fingerprint density at radius 1 is 1.13 bits per heavy atom. The van der Waals surface area contributed by atoms with E-state index in [1.165, 1.54) is 6.92 Å². The van der Waals surface area contributed by atoms with E-state index in [0.717, 1.165) is 0 Å². The minimum absolute atomic E-state index is 0.105. The second-order valence-electron chi connectivity index (χ2n) is 5.50. The number of carbonyl (C=O) groups is 3. The molecule has 0 saturated carbocycles. The highest BCUT2D eigenvalue weighted by Gasteiger charge is 2.26. The molecule has 7 heteroatoms. The first-order valence-corrected chi connectivity index (χ1v) is 7.92. The number of benzene rings is 1. The van der Waals surface area contributed by atoms with Crippen LogP contribution in [0.25, 0.3) is 0 Å². The van der Waals surface area contributed by atoms with Gasteiger partial charge in [-0.15, -0.1) is 11.6 Å². The third-order valence-corrected chi connectivity index (χ3v) is 3.84. The Bertz CT molecular complexity index is 610. The number of anilines is 1. The van der Waals surface area contributed by atoms with Gasteiger partial charge in [-0.1, -0.05) is 6.07 Å². The van der Waals surface area contributed by atoms with Gasteiger partial charge in [0, 0.05) is 44.4 Å². The zero-order valence-electron chi connectivity index (χ0n) is 13.2. The van der Waals surface area contributed by atoms with Crippen LogP contribution in [0.1, 0.15) is 24.2 Å². The lowest BCUT2D eigenvalue weighted by molar-refractivity contribution is -0.131. The van der Waals surface area contributed by atoms with Crippen LogP contribution in [0, 0.1) is 0 Å². The van der Waals surface area contributed by atoms with E-state index in [2.05, 4.69) is 5.32 Å². The van der Waals surface area contributed by atoms with Gasteiger partial charge in [-0.05, 0) is 25.1 Å². The summed E-state index contributed by atoms with van der Waals surface area (Å²) in [6, 6.07) is 6.83. The fourth-order valence-corrected chi connectivity index (χ4v) is 2.64. The molecule has 1 aromatic carbocycles. The van der Waals surface area contributed by atoms with E-state index in [9.17, 15) is 14.4 Å². The first kappa shape index (κ1) is 17.3. The topological polar surface area (TPSA) is 69.7 Å². The Morgan fingerprint density at radius 2 is 1.74 bits per heavy atom. The summed E-state index contributed by atoms with van der Waals surface area (Å²) in [5.41, 5.74) is 1.11.